The van der Waals surface area contributed by atoms with Crippen molar-refractivity contribution in [1.82, 2.24) is 0 Å². The van der Waals surface area contributed by atoms with Crippen molar-refractivity contribution in [3.05, 3.63) is 58.1 Å². The fourth-order valence-electron chi connectivity index (χ4n) is 2.10. The van der Waals surface area contributed by atoms with Crippen molar-refractivity contribution in [2.75, 3.05) is 13.7 Å². The average Bonchev–Trinajstić information content (AvgIpc) is 2.48. The first kappa shape index (κ1) is 15.4. The van der Waals surface area contributed by atoms with Crippen LogP contribution in [0.2, 0.25) is 5.02 Å². The van der Waals surface area contributed by atoms with Crippen molar-refractivity contribution in [3.63, 3.8) is 0 Å². The molecule has 0 fully saturated rings. The molecule has 0 N–H and O–H groups in total. The van der Waals surface area contributed by atoms with Crippen LogP contribution in [0.15, 0.2) is 36.4 Å². The fourth-order valence-corrected chi connectivity index (χ4v) is 2.26. The van der Waals surface area contributed by atoms with Crippen LogP contribution in [0.1, 0.15) is 28.4 Å². The molecule has 0 heterocycles. The lowest BCUT2D eigenvalue weighted by molar-refractivity contribution is 0.103. The highest BCUT2D eigenvalue weighted by Gasteiger charge is 2.19. The second kappa shape index (κ2) is 6.64. The largest absolute Gasteiger partial charge is 0.496 e. The zero-order valence-electron chi connectivity index (χ0n) is 12.3. The lowest BCUT2D eigenvalue weighted by Gasteiger charge is -2.12. The van der Waals surface area contributed by atoms with Gasteiger partial charge in [0.05, 0.1) is 24.8 Å². The van der Waals surface area contributed by atoms with Gasteiger partial charge in [-0.25, -0.2) is 0 Å². The third-order valence-corrected chi connectivity index (χ3v) is 3.32. The van der Waals surface area contributed by atoms with Crippen LogP contribution in [0.25, 0.3) is 0 Å². The molecule has 0 radical (unpaired) electrons. The van der Waals surface area contributed by atoms with E-state index < -0.39 is 0 Å². The Kier molecular flexibility index (Phi) is 4.86. The van der Waals surface area contributed by atoms with E-state index in [1.165, 1.54) is 7.11 Å². The van der Waals surface area contributed by atoms with Crippen LogP contribution in [-0.2, 0) is 0 Å². The third kappa shape index (κ3) is 3.37. The molecule has 0 amide bonds. The quantitative estimate of drug-likeness (QED) is 0.773. The van der Waals surface area contributed by atoms with Gasteiger partial charge in [0.2, 0.25) is 0 Å². The topological polar surface area (TPSA) is 35.5 Å². The standard InChI is InChI=1S/C17H17ClO3/c1-4-21-15-8-5-11(2)9-14(15)17(19)13-7-6-12(18)10-16(13)20-3/h5-10H,4H2,1-3H3. The van der Waals surface area contributed by atoms with Crippen LogP contribution in [-0.4, -0.2) is 19.5 Å². The SMILES string of the molecule is CCOc1ccc(C)cc1C(=O)c1ccc(Cl)cc1OC. The van der Waals surface area contributed by atoms with E-state index in [1.54, 1.807) is 18.2 Å². The number of ketones is 1. The number of aryl methyl sites for hydroxylation is 1. The summed E-state index contributed by atoms with van der Waals surface area (Å²) in [6.07, 6.45) is 0. The summed E-state index contributed by atoms with van der Waals surface area (Å²) in [5.74, 6) is 0.886. The highest BCUT2D eigenvalue weighted by molar-refractivity contribution is 6.31. The van der Waals surface area contributed by atoms with Crippen LogP contribution in [0.5, 0.6) is 11.5 Å². The lowest BCUT2D eigenvalue weighted by Crippen LogP contribution is -2.07. The van der Waals surface area contributed by atoms with Gasteiger partial charge in [-0.15, -0.1) is 0 Å². The molecule has 0 spiro atoms. The number of halogens is 1. The van der Waals surface area contributed by atoms with E-state index in [-0.39, 0.29) is 5.78 Å². The fraction of sp³-hybridized carbons (Fsp3) is 0.235. The van der Waals surface area contributed by atoms with Crippen molar-refractivity contribution in [2.45, 2.75) is 13.8 Å². The predicted octanol–water partition coefficient (Wildman–Crippen LogP) is 4.29. The maximum atomic E-state index is 12.8. The molecule has 0 aliphatic carbocycles. The van der Waals surface area contributed by atoms with Gasteiger partial charge in [0.15, 0.2) is 5.78 Å². The minimum absolute atomic E-state index is 0.143. The van der Waals surface area contributed by atoms with E-state index in [2.05, 4.69) is 0 Å². The molecule has 0 bridgehead atoms. The smallest absolute Gasteiger partial charge is 0.200 e. The molecule has 3 nitrogen and oxygen atoms in total. The molecule has 0 aliphatic rings. The first-order chi connectivity index (χ1) is 10.1. The molecule has 0 unspecified atom stereocenters. The summed E-state index contributed by atoms with van der Waals surface area (Å²) < 4.78 is 10.8. The summed E-state index contributed by atoms with van der Waals surface area (Å²) >= 11 is 5.94. The minimum Gasteiger partial charge on any atom is -0.496 e. The molecule has 0 saturated heterocycles. The molecule has 2 aromatic carbocycles. The highest BCUT2D eigenvalue weighted by atomic mass is 35.5. The van der Waals surface area contributed by atoms with Gasteiger partial charge in [0.1, 0.15) is 11.5 Å². The molecular weight excluding hydrogens is 288 g/mol. The van der Waals surface area contributed by atoms with Gasteiger partial charge in [0, 0.05) is 5.02 Å². The van der Waals surface area contributed by atoms with Crippen LogP contribution < -0.4 is 9.47 Å². The van der Waals surface area contributed by atoms with Gasteiger partial charge >= 0.3 is 0 Å². The number of carbonyl (C=O) groups excluding carboxylic acids is 1. The van der Waals surface area contributed by atoms with Crippen LogP contribution in [0.4, 0.5) is 0 Å². The molecule has 0 atom stereocenters. The van der Waals surface area contributed by atoms with E-state index in [0.29, 0.717) is 34.3 Å². The predicted molar refractivity (Wildman–Crippen MR) is 83.8 cm³/mol. The Morgan fingerprint density at radius 2 is 1.86 bits per heavy atom. The third-order valence-electron chi connectivity index (χ3n) is 3.09. The Labute approximate surface area is 129 Å². The summed E-state index contributed by atoms with van der Waals surface area (Å²) in [5.41, 5.74) is 1.99. The maximum absolute atomic E-state index is 12.8. The summed E-state index contributed by atoms with van der Waals surface area (Å²) in [7, 11) is 1.52. The molecule has 2 aromatic rings. The van der Waals surface area contributed by atoms with Crippen molar-refractivity contribution in [2.24, 2.45) is 0 Å². The van der Waals surface area contributed by atoms with Gasteiger partial charge in [-0.3, -0.25) is 4.79 Å². The Balaban J connectivity index is 2.51. The lowest BCUT2D eigenvalue weighted by atomic mass is 10.00. The number of carbonyl (C=O) groups is 1. The van der Waals surface area contributed by atoms with E-state index in [1.807, 2.05) is 32.0 Å². The van der Waals surface area contributed by atoms with Crippen molar-refractivity contribution in [1.29, 1.82) is 0 Å². The van der Waals surface area contributed by atoms with Gasteiger partial charge in [-0.1, -0.05) is 23.2 Å². The minimum atomic E-state index is -0.143. The maximum Gasteiger partial charge on any atom is 0.200 e. The summed E-state index contributed by atoms with van der Waals surface area (Å²) in [6.45, 7) is 4.32. The monoisotopic (exact) mass is 304 g/mol. The van der Waals surface area contributed by atoms with Crippen molar-refractivity contribution >= 4 is 17.4 Å². The summed E-state index contributed by atoms with van der Waals surface area (Å²) in [6, 6.07) is 10.5. The van der Waals surface area contributed by atoms with E-state index >= 15 is 0 Å². The first-order valence-electron chi connectivity index (χ1n) is 6.68. The molecule has 0 aliphatic heterocycles. The zero-order chi connectivity index (χ0) is 15.4. The van der Waals surface area contributed by atoms with Gasteiger partial charge in [0.25, 0.3) is 0 Å². The first-order valence-corrected chi connectivity index (χ1v) is 7.06. The van der Waals surface area contributed by atoms with Gasteiger partial charge < -0.3 is 9.47 Å². The molecule has 4 heteroatoms. The van der Waals surface area contributed by atoms with Crippen molar-refractivity contribution < 1.29 is 14.3 Å². The highest BCUT2D eigenvalue weighted by Crippen LogP contribution is 2.29. The van der Waals surface area contributed by atoms with Crippen LogP contribution in [0.3, 0.4) is 0 Å². The average molecular weight is 305 g/mol. The Bertz CT molecular complexity index is 665. The van der Waals surface area contributed by atoms with E-state index in [0.717, 1.165) is 5.56 Å². The molecule has 0 saturated carbocycles. The van der Waals surface area contributed by atoms with Crippen LogP contribution >= 0.6 is 11.6 Å². The molecule has 21 heavy (non-hydrogen) atoms. The second-order valence-corrected chi connectivity index (χ2v) is 5.04. The Morgan fingerprint density at radius 3 is 2.52 bits per heavy atom. The molecular formula is C17H17ClO3. The summed E-state index contributed by atoms with van der Waals surface area (Å²) in [5, 5.41) is 0.526. The number of ether oxygens (including phenoxy) is 2. The van der Waals surface area contributed by atoms with Crippen molar-refractivity contribution in [3.8, 4) is 11.5 Å². The van der Waals surface area contributed by atoms with E-state index in [9.17, 15) is 4.79 Å². The Hall–Kier alpha value is -2.00. The summed E-state index contributed by atoms with van der Waals surface area (Å²) in [4.78, 5) is 12.8. The Morgan fingerprint density at radius 1 is 1.10 bits per heavy atom. The van der Waals surface area contributed by atoms with Gasteiger partial charge in [-0.05, 0) is 44.2 Å². The normalized spacial score (nSPS) is 10.3. The van der Waals surface area contributed by atoms with Crippen LogP contribution in [0, 0.1) is 6.92 Å². The second-order valence-electron chi connectivity index (χ2n) is 4.61. The number of methoxy groups -OCH3 is 1. The molecule has 2 rings (SSSR count). The number of rotatable bonds is 5. The van der Waals surface area contributed by atoms with E-state index in [4.69, 9.17) is 21.1 Å². The molecule has 0 aromatic heterocycles. The zero-order valence-corrected chi connectivity index (χ0v) is 13.0. The molecule has 110 valence electrons. The number of hydrogen-bond donors (Lipinski definition) is 0. The number of hydrogen-bond acceptors (Lipinski definition) is 3. The number of benzene rings is 2. The van der Waals surface area contributed by atoms with Gasteiger partial charge in [-0.2, -0.15) is 0 Å².